The fraction of sp³-hybridized carbons (Fsp3) is 0.0714. The molecule has 0 fully saturated rings. The SMILES string of the molecule is COc1cc(Cl)ccc1C(=O)c1cc(F)ccc1F. The number of ether oxygens (including phenoxy) is 1. The van der Waals surface area contributed by atoms with Crippen molar-refractivity contribution in [3.8, 4) is 5.75 Å². The van der Waals surface area contributed by atoms with E-state index in [1.165, 1.54) is 25.3 Å². The molecule has 2 rings (SSSR count). The van der Waals surface area contributed by atoms with E-state index in [-0.39, 0.29) is 16.9 Å². The molecule has 0 saturated carbocycles. The van der Waals surface area contributed by atoms with E-state index in [4.69, 9.17) is 16.3 Å². The van der Waals surface area contributed by atoms with Crippen LogP contribution in [0.15, 0.2) is 36.4 Å². The summed E-state index contributed by atoms with van der Waals surface area (Å²) in [6.07, 6.45) is 0. The molecule has 0 aliphatic heterocycles. The maximum absolute atomic E-state index is 13.6. The molecule has 0 spiro atoms. The lowest BCUT2D eigenvalue weighted by atomic mass is 10.0. The summed E-state index contributed by atoms with van der Waals surface area (Å²) in [6, 6.07) is 7.04. The first kappa shape index (κ1) is 13.5. The number of benzene rings is 2. The van der Waals surface area contributed by atoms with Gasteiger partial charge in [-0.1, -0.05) is 11.6 Å². The second-order valence-corrected chi connectivity index (χ2v) is 4.23. The number of methoxy groups -OCH3 is 1. The van der Waals surface area contributed by atoms with E-state index in [0.29, 0.717) is 5.02 Å². The van der Waals surface area contributed by atoms with Crippen LogP contribution in [0.4, 0.5) is 8.78 Å². The van der Waals surface area contributed by atoms with Gasteiger partial charge in [0.15, 0.2) is 5.78 Å². The summed E-state index contributed by atoms with van der Waals surface area (Å²) in [4.78, 5) is 12.2. The Bertz CT molecular complexity index is 641. The number of hydrogen-bond donors (Lipinski definition) is 0. The Balaban J connectivity index is 2.53. The summed E-state index contributed by atoms with van der Waals surface area (Å²) < 4.78 is 31.7. The molecule has 0 N–H and O–H groups in total. The standard InChI is InChI=1S/C14H9ClF2O2/c1-19-13-6-8(15)2-4-10(13)14(18)11-7-9(16)3-5-12(11)17/h2-7H,1H3. The number of halogens is 3. The lowest BCUT2D eigenvalue weighted by molar-refractivity contribution is 0.103. The zero-order chi connectivity index (χ0) is 14.0. The van der Waals surface area contributed by atoms with Crippen LogP contribution in [-0.2, 0) is 0 Å². The number of ketones is 1. The van der Waals surface area contributed by atoms with Gasteiger partial charge in [0.05, 0.1) is 18.2 Å². The van der Waals surface area contributed by atoms with Gasteiger partial charge in [-0.25, -0.2) is 8.78 Å². The van der Waals surface area contributed by atoms with Crippen molar-refractivity contribution in [3.63, 3.8) is 0 Å². The minimum atomic E-state index is -0.789. The number of carbonyl (C=O) groups is 1. The number of carbonyl (C=O) groups excluding carboxylic acids is 1. The second-order valence-electron chi connectivity index (χ2n) is 3.80. The molecule has 0 radical (unpaired) electrons. The average Bonchev–Trinajstić information content (AvgIpc) is 2.40. The molecule has 0 unspecified atom stereocenters. The van der Waals surface area contributed by atoms with E-state index in [0.717, 1.165) is 18.2 Å². The van der Waals surface area contributed by atoms with Gasteiger partial charge in [0.1, 0.15) is 17.4 Å². The van der Waals surface area contributed by atoms with Crippen LogP contribution in [-0.4, -0.2) is 12.9 Å². The fourth-order valence-corrected chi connectivity index (χ4v) is 1.83. The Labute approximate surface area is 113 Å². The Morgan fingerprint density at radius 2 is 1.84 bits per heavy atom. The molecule has 0 saturated heterocycles. The summed E-state index contributed by atoms with van der Waals surface area (Å²) in [7, 11) is 1.37. The van der Waals surface area contributed by atoms with Crippen molar-refractivity contribution >= 4 is 17.4 Å². The van der Waals surface area contributed by atoms with Crippen molar-refractivity contribution in [2.24, 2.45) is 0 Å². The number of hydrogen-bond acceptors (Lipinski definition) is 2. The van der Waals surface area contributed by atoms with Crippen molar-refractivity contribution in [2.75, 3.05) is 7.11 Å². The first-order valence-electron chi connectivity index (χ1n) is 5.36. The third-order valence-electron chi connectivity index (χ3n) is 2.58. The second kappa shape index (κ2) is 5.36. The molecule has 0 heterocycles. The molecule has 0 aliphatic rings. The van der Waals surface area contributed by atoms with Crippen molar-refractivity contribution in [2.45, 2.75) is 0 Å². The van der Waals surface area contributed by atoms with Crippen molar-refractivity contribution in [3.05, 3.63) is 64.2 Å². The third kappa shape index (κ3) is 2.74. The topological polar surface area (TPSA) is 26.3 Å². The molecule has 19 heavy (non-hydrogen) atoms. The smallest absolute Gasteiger partial charge is 0.199 e. The van der Waals surface area contributed by atoms with Crippen LogP contribution < -0.4 is 4.74 Å². The van der Waals surface area contributed by atoms with E-state index in [2.05, 4.69) is 0 Å². The summed E-state index contributed by atoms with van der Waals surface area (Å²) in [5.41, 5.74) is -0.225. The van der Waals surface area contributed by atoms with E-state index in [9.17, 15) is 13.6 Å². The molecule has 0 aromatic heterocycles. The summed E-state index contributed by atoms with van der Waals surface area (Å²) in [6.45, 7) is 0. The highest BCUT2D eigenvalue weighted by Crippen LogP contribution is 2.26. The number of rotatable bonds is 3. The van der Waals surface area contributed by atoms with Gasteiger partial charge >= 0.3 is 0 Å². The Morgan fingerprint density at radius 1 is 1.11 bits per heavy atom. The van der Waals surface area contributed by atoms with Gasteiger partial charge in [-0.3, -0.25) is 4.79 Å². The van der Waals surface area contributed by atoms with E-state index >= 15 is 0 Å². The lowest BCUT2D eigenvalue weighted by Gasteiger charge is -2.08. The van der Waals surface area contributed by atoms with Crippen LogP contribution in [0.5, 0.6) is 5.75 Å². The van der Waals surface area contributed by atoms with Crippen LogP contribution >= 0.6 is 11.6 Å². The quantitative estimate of drug-likeness (QED) is 0.799. The first-order chi connectivity index (χ1) is 9.02. The minimum Gasteiger partial charge on any atom is -0.496 e. The molecular weight excluding hydrogens is 274 g/mol. The predicted octanol–water partition coefficient (Wildman–Crippen LogP) is 3.86. The van der Waals surface area contributed by atoms with Crippen LogP contribution in [0.3, 0.4) is 0 Å². The Morgan fingerprint density at radius 3 is 2.53 bits per heavy atom. The molecular formula is C14H9ClF2O2. The summed E-state index contributed by atoms with van der Waals surface area (Å²) >= 11 is 5.78. The minimum absolute atomic E-state index is 0.122. The normalized spacial score (nSPS) is 10.3. The van der Waals surface area contributed by atoms with Gasteiger partial charge in [0, 0.05) is 5.02 Å². The third-order valence-corrected chi connectivity index (χ3v) is 2.82. The molecule has 0 amide bonds. The lowest BCUT2D eigenvalue weighted by Crippen LogP contribution is -2.07. The van der Waals surface area contributed by atoms with Crippen molar-refractivity contribution < 1.29 is 18.3 Å². The van der Waals surface area contributed by atoms with Gasteiger partial charge in [-0.15, -0.1) is 0 Å². The Hall–Kier alpha value is -1.94. The highest BCUT2D eigenvalue weighted by molar-refractivity contribution is 6.31. The average molecular weight is 283 g/mol. The molecule has 2 aromatic rings. The highest BCUT2D eigenvalue weighted by Gasteiger charge is 2.18. The predicted molar refractivity (Wildman–Crippen MR) is 67.8 cm³/mol. The van der Waals surface area contributed by atoms with Crippen molar-refractivity contribution in [1.29, 1.82) is 0 Å². The fourth-order valence-electron chi connectivity index (χ4n) is 1.67. The van der Waals surface area contributed by atoms with Gasteiger partial charge < -0.3 is 4.74 Å². The van der Waals surface area contributed by atoms with Gasteiger partial charge in [0.2, 0.25) is 0 Å². The van der Waals surface area contributed by atoms with Crippen LogP contribution in [0.1, 0.15) is 15.9 Å². The zero-order valence-corrected chi connectivity index (χ0v) is 10.7. The van der Waals surface area contributed by atoms with E-state index < -0.39 is 17.4 Å². The zero-order valence-electron chi connectivity index (χ0n) is 9.91. The van der Waals surface area contributed by atoms with Gasteiger partial charge in [-0.05, 0) is 36.4 Å². The van der Waals surface area contributed by atoms with Crippen molar-refractivity contribution in [1.82, 2.24) is 0 Å². The molecule has 0 aliphatic carbocycles. The highest BCUT2D eigenvalue weighted by atomic mass is 35.5. The maximum atomic E-state index is 13.6. The van der Waals surface area contributed by atoms with Crippen LogP contribution in [0.2, 0.25) is 5.02 Å². The molecule has 0 bridgehead atoms. The summed E-state index contributed by atoms with van der Waals surface area (Å²) in [5, 5.41) is 0.383. The Kier molecular flexibility index (Phi) is 3.81. The van der Waals surface area contributed by atoms with Crippen LogP contribution in [0.25, 0.3) is 0 Å². The molecule has 2 nitrogen and oxygen atoms in total. The largest absolute Gasteiger partial charge is 0.496 e. The molecule has 5 heteroatoms. The van der Waals surface area contributed by atoms with E-state index in [1.54, 1.807) is 0 Å². The monoisotopic (exact) mass is 282 g/mol. The van der Waals surface area contributed by atoms with E-state index in [1.807, 2.05) is 0 Å². The van der Waals surface area contributed by atoms with Crippen LogP contribution in [0, 0.1) is 11.6 Å². The van der Waals surface area contributed by atoms with Gasteiger partial charge in [-0.2, -0.15) is 0 Å². The summed E-state index contributed by atoms with van der Waals surface area (Å²) in [5.74, 6) is -1.92. The molecule has 0 atom stereocenters. The molecule has 2 aromatic carbocycles. The molecule has 98 valence electrons. The maximum Gasteiger partial charge on any atom is 0.199 e. The van der Waals surface area contributed by atoms with Gasteiger partial charge in [0.25, 0.3) is 0 Å². The first-order valence-corrected chi connectivity index (χ1v) is 5.74.